The fourth-order valence-corrected chi connectivity index (χ4v) is 3.34. The van der Waals surface area contributed by atoms with Gasteiger partial charge in [0, 0.05) is 0 Å². The van der Waals surface area contributed by atoms with Gasteiger partial charge in [0.2, 0.25) is 0 Å². The Morgan fingerprint density at radius 2 is 1.22 bits per heavy atom. The standard InChI is InChI=1S/C16H34O2/c1-4-11-16(12-5-2,13-6-3)14-9-7-8-10-15(17)18/h15,17-18H,4-14H2,1-3H3. The second-order valence-corrected chi connectivity index (χ2v) is 5.83. The molecule has 0 aliphatic carbocycles. The lowest BCUT2D eigenvalue weighted by Gasteiger charge is -2.34. The molecule has 0 spiro atoms. The molecule has 0 amide bonds. The van der Waals surface area contributed by atoms with Gasteiger partial charge in [-0.3, -0.25) is 0 Å². The van der Waals surface area contributed by atoms with E-state index >= 15 is 0 Å². The highest BCUT2D eigenvalue weighted by atomic mass is 16.5. The third-order valence-electron chi connectivity index (χ3n) is 4.01. The van der Waals surface area contributed by atoms with Gasteiger partial charge in [-0.1, -0.05) is 52.9 Å². The molecule has 110 valence electrons. The Labute approximate surface area is 114 Å². The van der Waals surface area contributed by atoms with Gasteiger partial charge < -0.3 is 10.2 Å². The number of aliphatic hydroxyl groups excluding tert-OH is 1. The molecule has 0 heterocycles. The zero-order valence-electron chi connectivity index (χ0n) is 12.7. The summed E-state index contributed by atoms with van der Waals surface area (Å²) in [5.74, 6) is 0. The van der Waals surface area contributed by atoms with E-state index in [9.17, 15) is 0 Å². The molecular formula is C16H34O2. The summed E-state index contributed by atoms with van der Waals surface area (Å²) in [4.78, 5) is 0. The van der Waals surface area contributed by atoms with Crippen LogP contribution in [0.5, 0.6) is 0 Å². The highest BCUT2D eigenvalue weighted by Crippen LogP contribution is 2.40. The zero-order chi connectivity index (χ0) is 13.9. The largest absolute Gasteiger partial charge is 0.368 e. The lowest BCUT2D eigenvalue weighted by Crippen LogP contribution is -2.20. The first kappa shape index (κ1) is 17.9. The van der Waals surface area contributed by atoms with Crippen LogP contribution in [0.2, 0.25) is 0 Å². The fraction of sp³-hybridized carbons (Fsp3) is 1.00. The molecule has 0 bridgehead atoms. The Kier molecular flexibility index (Phi) is 10.8. The number of rotatable bonds is 12. The monoisotopic (exact) mass is 258 g/mol. The molecule has 0 aliphatic heterocycles. The van der Waals surface area contributed by atoms with Crippen LogP contribution in [-0.2, 0) is 0 Å². The zero-order valence-corrected chi connectivity index (χ0v) is 12.7. The average Bonchev–Trinajstić information content (AvgIpc) is 2.29. The van der Waals surface area contributed by atoms with E-state index in [0.717, 1.165) is 12.8 Å². The summed E-state index contributed by atoms with van der Waals surface area (Å²) < 4.78 is 0. The van der Waals surface area contributed by atoms with E-state index < -0.39 is 6.29 Å². The Balaban J connectivity index is 4.04. The predicted molar refractivity (Wildman–Crippen MR) is 78.5 cm³/mol. The predicted octanol–water partition coefficient (Wildman–Crippen LogP) is 4.63. The maximum atomic E-state index is 8.82. The molecule has 2 nitrogen and oxygen atoms in total. The molecule has 0 saturated heterocycles. The smallest absolute Gasteiger partial charge is 0.151 e. The SMILES string of the molecule is CCCC(CCC)(CCC)CCCCCC(O)O. The molecule has 18 heavy (non-hydrogen) atoms. The summed E-state index contributed by atoms with van der Waals surface area (Å²) in [6.45, 7) is 6.88. The highest BCUT2D eigenvalue weighted by molar-refractivity contribution is 4.78. The van der Waals surface area contributed by atoms with Gasteiger partial charge in [0.25, 0.3) is 0 Å². The summed E-state index contributed by atoms with van der Waals surface area (Å²) in [6, 6.07) is 0. The van der Waals surface area contributed by atoms with Crippen LogP contribution in [0, 0.1) is 5.41 Å². The molecule has 0 saturated carbocycles. The van der Waals surface area contributed by atoms with Gasteiger partial charge in [-0.05, 0) is 43.9 Å². The average molecular weight is 258 g/mol. The minimum Gasteiger partial charge on any atom is -0.368 e. The maximum absolute atomic E-state index is 8.82. The number of hydrogen-bond donors (Lipinski definition) is 2. The van der Waals surface area contributed by atoms with Crippen LogP contribution in [0.1, 0.15) is 91.4 Å². The molecule has 0 atom stereocenters. The third-order valence-corrected chi connectivity index (χ3v) is 4.01. The van der Waals surface area contributed by atoms with Crippen LogP contribution < -0.4 is 0 Å². The highest BCUT2D eigenvalue weighted by Gasteiger charge is 2.26. The molecule has 0 fully saturated rings. The molecule has 0 aromatic carbocycles. The molecule has 0 radical (unpaired) electrons. The minimum absolute atomic E-state index is 0.530. The Morgan fingerprint density at radius 1 is 0.722 bits per heavy atom. The van der Waals surface area contributed by atoms with Crippen LogP contribution in [0.3, 0.4) is 0 Å². The molecule has 0 aliphatic rings. The first-order valence-corrected chi connectivity index (χ1v) is 7.96. The molecular weight excluding hydrogens is 224 g/mol. The van der Waals surface area contributed by atoms with Gasteiger partial charge in [0.1, 0.15) is 0 Å². The number of aliphatic hydroxyl groups is 2. The van der Waals surface area contributed by atoms with Crippen molar-refractivity contribution in [3.8, 4) is 0 Å². The molecule has 0 unspecified atom stereocenters. The number of hydrogen-bond acceptors (Lipinski definition) is 2. The minimum atomic E-state index is -1.11. The van der Waals surface area contributed by atoms with Crippen molar-refractivity contribution < 1.29 is 10.2 Å². The van der Waals surface area contributed by atoms with Crippen LogP contribution >= 0.6 is 0 Å². The van der Waals surface area contributed by atoms with E-state index in [1.54, 1.807) is 0 Å². The maximum Gasteiger partial charge on any atom is 0.151 e. The van der Waals surface area contributed by atoms with E-state index in [0.29, 0.717) is 11.8 Å². The topological polar surface area (TPSA) is 40.5 Å². The Hall–Kier alpha value is -0.0800. The first-order chi connectivity index (χ1) is 8.60. The molecule has 2 heteroatoms. The van der Waals surface area contributed by atoms with Gasteiger partial charge in [-0.25, -0.2) is 0 Å². The van der Waals surface area contributed by atoms with E-state index in [-0.39, 0.29) is 0 Å². The van der Waals surface area contributed by atoms with Gasteiger partial charge in [-0.2, -0.15) is 0 Å². The number of unbranched alkanes of at least 4 members (excludes halogenated alkanes) is 2. The van der Waals surface area contributed by atoms with Gasteiger partial charge in [0.15, 0.2) is 6.29 Å². The summed E-state index contributed by atoms with van der Waals surface area (Å²) in [7, 11) is 0. The van der Waals surface area contributed by atoms with Crippen molar-refractivity contribution >= 4 is 0 Å². The lowest BCUT2D eigenvalue weighted by atomic mass is 9.72. The summed E-state index contributed by atoms with van der Waals surface area (Å²) in [6.07, 6.45) is 12.0. The van der Waals surface area contributed by atoms with Crippen LogP contribution in [-0.4, -0.2) is 16.5 Å². The normalized spacial score (nSPS) is 12.3. The molecule has 0 aromatic rings. The molecule has 0 aromatic heterocycles. The lowest BCUT2D eigenvalue weighted by molar-refractivity contribution is -0.0467. The molecule has 2 N–H and O–H groups in total. The summed E-state index contributed by atoms with van der Waals surface area (Å²) in [5, 5.41) is 17.6. The second-order valence-electron chi connectivity index (χ2n) is 5.83. The van der Waals surface area contributed by atoms with Crippen LogP contribution in [0.15, 0.2) is 0 Å². The Bertz CT molecular complexity index is 161. The third kappa shape index (κ3) is 8.10. The first-order valence-electron chi connectivity index (χ1n) is 7.96. The van der Waals surface area contributed by atoms with Crippen molar-refractivity contribution in [1.82, 2.24) is 0 Å². The van der Waals surface area contributed by atoms with Crippen molar-refractivity contribution in [3.05, 3.63) is 0 Å². The van der Waals surface area contributed by atoms with Gasteiger partial charge >= 0.3 is 0 Å². The quantitative estimate of drug-likeness (QED) is 0.395. The summed E-state index contributed by atoms with van der Waals surface area (Å²) >= 11 is 0. The van der Waals surface area contributed by atoms with E-state index in [1.165, 1.54) is 51.4 Å². The van der Waals surface area contributed by atoms with E-state index in [2.05, 4.69) is 20.8 Å². The fourth-order valence-electron chi connectivity index (χ4n) is 3.34. The van der Waals surface area contributed by atoms with Crippen molar-refractivity contribution in [2.75, 3.05) is 0 Å². The van der Waals surface area contributed by atoms with Gasteiger partial charge in [-0.15, -0.1) is 0 Å². The van der Waals surface area contributed by atoms with Crippen molar-refractivity contribution in [1.29, 1.82) is 0 Å². The van der Waals surface area contributed by atoms with Gasteiger partial charge in [0.05, 0.1) is 0 Å². The summed E-state index contributed by atoms with van der Waals surface area (Å²) in [5.41, 5.74) is 0.566. The second kappa shape index (κ2) is 10.8. The van der Waals surface area contributed by atoms with Crippen molar-refractivity contribution in [2.24, 2.45) is 5.41 Å². The van der Waals surface area contributed by atoms with Crippen LogP contribution in [0.4, 0.5) is 0 Å². The van der Waals surface area contributed by atoms with E-state index in [1.807, 2.05) is 0 Å². The van der Waals surface area contributed by atoms with Crippen molar-refractivity contribution in [2.45, 2.75) is 97.7 Å². The van der Waals surface area contributed by atoms with Crippen LogP contribution in [0.25, 0.3) is 0 Å². The van der Waals surface area contributed by atoms with Crippen molar-refractivity contribution in [3.63, 3.8) is 0 Å². The van der Waals surface area contributed by atoms with E-state index in [4.69, 9.17) is 10.2 Å². The Morgan fingerprint density at radius 3 is 1.61 bits per heavy atom. The molecule has 0 rings (SSSR count).